The van der Waals surface area contributed by atoms with Gasteiger partial charge in [-0.3, -0.25) is 4.79 Å². The molecule has 0 aliphatic carbocycles. The number of halogens is 1. The fourth-order valence-electron chi connectivity index (χ4n) is 4.34. The van der Waals surface area contributed by atoms with Crippen molar-refractivity contribution in [1.82, 2.24) is 9.88 Å². The number of carbonyl (C=O) groups is 1. The predicted molar refractivity (Wildman–Crippen MR) is 119 cm³/mol. The molecular weight excluding hydrogens is 434 g/mol. The van der Waals surface area contributed by atoms with E-state index in [1.54, 1.807) is 12.3 Å². The summed E-state index contributed by atoms with van der Waals surface area (Å²) in [7, 11) is 0. The zero-order valence-corrected chi connectivity index (χ0v) is 18.3. The summed E-state index contributed by atoms with van der Waals surface area (Å²) in [6.07, 6.45) is 8.54. The zero-order chi connectivity index (χ0) is 19.3. The Bertz CT molecular complexity index is 812. The highest BCUT2D eigenvalue weighted by atomic mass is 79.9. The first-order valence-electron chi connectivity index (χ1n) is 10.1. The first-order chi connectivity index (χ1) is 13.7. The van der Waals surface area contributed by atoms with Crippen LogP contribution in [0.5, 0.6) is 0 Å². The van der Waals surface area contributed by atoms with Crippen molar-refractivity contribution in [2.75, 3.05) is 24.2 Å². The summed E-state index contributed by atoms with van der Waals surface area (Å²) in [4.78, 5) is 19.6. The Morgan fingerprint density at radius 1 is 1.18 bits per heavy atom. The third-order valence-electron chi connectivity index (χ3n) is 5.75. The van der Waals surface area contributed by atoms with E-state index in [-0.39, 0.29) is 5.91 Å². The minimum atomic E-state index is -0.122. The topological polar surface area (TPSA) is 45.2 Å². The van der Waals surface area contributed by atoms with Gasteiger partial charge in [0.25, 0.3) is 5.91 Å². The number of pyridine rings is 1. The van der Waals surface area contributed by atoms with Crippen LogP contribution in [0.3, 0.4) is 0 Å². The second-order valence-corrected chi connectivity index (χ2v) is 9.62. The van der Waals surface area contributed by atoms with Crippen LogP contribution >= 0.6 is 27.7 Å². The number of hydrogen-bond donors (Lipinski definition) is 1. The summed E-state index contributed by atoms with van der Waals surface area (Å²) in [5.74, 6) is 1.79. The summed E-state index contributed by atoms with van der Waals surface area (Å²) >= 11 is 5.25. The smallest absolute Gasteiger partial charge is 0.255 e. The Kier molecular flexibility index (Phi) is 6.70. The molecule has 1 aromatic heterocycles. The number of anilines is 1. The molecule has 2 aromatic rings. The molecule has 1 aromatic carbocycles. The van der Waals surface area contributed by atoms with Gasteiger partial charge < -0.3 is 10.2 Å². The van der Waals surface area contributed by atoms with E-state index in [1.807, 2.05) is 42.1 Å². The molecule has 6 heteroatoms. The fourth-order valence-corrected chi connectivity index (χ4v) is 5.80. The molecule has 1 N–H and O–H groups in total. The Morgan fingerprint density at radius 2 is 2.07 bits per heavy atom. The number of piperidine rings is 2. The summed E-state index contributed by atoms with van der Waals surface area (Å²) in [5.41, 5.74) is 1.35. The quantitative estimate of drug-likeness (QED) is 0.603. The molecule has 0 saturated carbocycles. The normalized spacial score (nSPS) is 22.5. The van der Waals surface area contributed by atoms with Crippen molar-refractivity contribution < 1.29 is 4.79 Å². The average Bonchev–Trinajstić information content (AvgIpc) is 2.73. The second kappa shape index (κ2) is 9.42. The Balaban J connectivity index is 1.31. The highest BCUT2D eigenvalue weighted by Crippen LogP contribution is 2.34. The molecule has 4 nitrogen and oxygen atoms in total. The van der Waals surface area contributed by atoms with Gasteiger partial charge in [0.2, 0.25) is 0 Å². The van der Waals surface area contributed by atoms with E-state index < -0.39 is 0 Å². The van der Waals surface area contributed by atoms with Crippen LogP contribution in [0.2, 0.25) is 0 Å². The lowest BCUT2D eigenvalue weighted by Crippen LogP contribution is -2.48. The number of benzene rings is 1. The molecule has 148 valence electrons. The van der Waals surface area contributed by atoms with Crippen molar-refractivity contribution in [2.45, 2.75) is 43.2 Å². The third-order valence-corrected chi connectivity index (χ3v) is 7.38. The van der Waals surface area contributed by atoms with Crippen LogP contribution in [-0.2, 0) is 0 Å². The van der Waals surface area contributed by atoms with Crippen LogP contribution in [0.15, 0.2) is 52.1 Å². The van der Waals surface area contributed by atoms with Crippen LogP contribution in [-0.4, -0.2) is 40.7 Å². The van der Waals surface area contributed by atoms with Crippen LogP contribution in [0.4, 0.5) is 5.69 Å². The monoisotopic (exact) mass is 459 g/mol. The lowest BCUT2D eigenvalue weighted by molar-refractivity contribution is 0.0693. The number of aromatic nitrogens is 1. The molecule has 2 aliphatic heterocycles. The van der Waals surface area contributed by atoms with Gasteiger partial charge in [-0.1, -0.05) is 28.4 Å². The van der Waals surface area contributed by atoms with Crippen LogP contribution in [0.1, 0.15) is 42.5 Å². The number of hydrogen-bond acceptors (Lipinski definition) is 4. The highest BCUT2D eigenvalue weighted by Gasteiger charge is 2.32. The van der Waals surface area contributed by atoms with Gasteiger partial charge in [0.15, 0.2) is 0 Å². The number of fused-ring (bicyclic) bond motifs is 1. The molecule has 2 saturated heterocycles. The number of rotatable bonds is 5. The van der Waals surface area contributed by atoms with Crippen molar-refractivity contribution in [1.29, 1.82) is 0 Å². The molecule has 0 spiro atoms. The lowest BCUT2D eigenvalue weighted by Gasteiger charge is -2.44. The lowest BCUT2D eigenvalue weighted by atomic mass is 9.85. The van der Waals surface area contributed by atoms with E-state index in [1.165, 1.54) is 45.2 Å². The fraction of sp³-hybridized carbons (Fsp3) is 0.455. The molecule has 0 unspecified atom stereocenters. The maximum atomic E-state index is 12.3. The Morgan fingerprint density at radius 3 is 2.89 bits per heavy atom. The molecule has 2 aliphatic rings. The van der Waals surface area contributed by atoms with Gasteiger partial charge in [0.1, 0.15) is 0 Å². The first kappa shape index (κ1) is 19.9. The van der Waals surface area contributed by atoms with E-state index in [2.05, 4.69) is 31.1 Å². The standard InChI is InChI=1S/C22H26BrN3OS/c23-18-7-3-5-16(13-18)22(27)25-19-9-10-21(24-14-19)28-15-17-6-4-12-26-11-2-1-8-20(17)26/h3,5,7,9-10,13-14,17,20H,1-2,4,6,8,11-12,15H2,(H,25,27)/t17-,20+/m0/s1. The second-order valence-electron chi connectivity index (χ2n) is 7.66. The van der Waals surface area contributed by atoms with Crippen molar-refractivity contribution >= 4 is 39.3 Å². The zero-order valence-electron chi connectivity index (χ0n) is 15.9. The maximum absolute atomic E-state index is 12.3. The summed E-state index contributed by atoms with van der Waals surface area (Å²) in [6.45, 7) is 2.58. The van der Waals surface area contributed by atoms with Gasteiger partial charge in [-0.15, -0.1) is 11.8 Å². The minimum Gasteiger partial charge on any atom is -0.321 e. The van der Waals surface area contributed by atoms with E-state index >= 15 is 0 Å². The molecule has 4 rings (SSSR count). The van der Waals surface area contributed by atoms with Gasteiger partial charge in [-0.25, -0.2) is 4.98 Å². The molecule has 3 heterocycles. The largest absolute Gasteiger partial charge is 0.321 e. The van der Waals surface area contributed by atoms with Crippen LogP contribution in [0.25, 0.3) is 0 Å². The molecule has 1 amide bonds. The maximum Gasteiger partial charge on any atom is 0.255 e. The molecule has 0 bridgehead atoms. The predicted octanol–water partition coefficient (Wildman–Crippen LogP) is 5.45. The van der Waals surface area contributed by atoms with Crippen LogP contribution < -0.4 is 5.32 Å². The molecule has 2 fully saturated rings. The summed E-state index contributed by atoms with van der Waals surface area (Å²) < 4.78 is 0.893. The number of carbonyl (C=O) groups excluding carboxylic acids is 1. The molecule has 2 atom stereocenters. The van der Waals surface area contributed by atoms with E-state index in [9.17, 15) is 4.79 Å². The average molecular weight is 460 g/mol. The van der Waals surface area contributed by atoms with Crippen LogP contribution in [0, 0.1) is 5.92 Å². The van der Waals surface area contributed by atoms with Crippen molar-refractivity contribution in [3.05, 3.63) is 52.6 Å². The summed E-state index contributed by atoms with van der Waals surface area (Å²) in [5, 5.41) is 3.95. The number of amides is 1. The summed E-state index contributed by atoms with van der Waals surface area (Å²) in [6, 6.07) is 12.1. The van der Waals surface area contributed by atoms with E-state index in [4.69, 9.17) is 0 Å². The Hall–Kier alpha value is -1.37. The SMILES string of the molecule is O=C(Nc1ccc(SC[C@@H]2CCCN3CCCC[C@H]23)nc1)c1cccc(Br)c1. The van der Waals surface area contributed by atoms with Gasteiger partial charge >= 0.3 is 0 Å². The van der Waals surface area contributed by atoms with Crippen molar-refractivity contribution in [2.24, 2.45) is 5.92 Å². The number of nitrogens with zero attached hydrogens (tertiary/aromatic N) is 2. The minimum absolute atomic E-state index is 0.122. The molecule has 28 heavy (non-hydrogen) atoms. The van der Waals surface area contributed by atoms with Crippen molar-refractivity contribution in [3.63, 3.8) is 0 Å². The van der Waals surface area contributed by atoms with E-state index in [0.717, 1.165) is 32.9 Å². The highest BCUT2D eigenvalue weighted by molar-refractivity contribution is 9.10. The van der Waals surface area contributed by atoms with E-state index in [0.29, 0.717) is 5.56 Å². The first-order valence-corrected chi connectivity index (χ1v) is 11.9. The van der Waals surface area contributed by atoms with Gasteiger partial charge in [-0.05, 0) is 75.0 Å². The van der Waals surface area contributed by atoms with Gasteiger partial charge in [0, 0.05) is 21.8 Å². The number of nitrogens with one attached hydrogen (secondary N) is 1. The molecular formula is C22H26BrN3OS. The number of thioether (sulfide) groups is 1. The van der Waals surface area contributed by atoms with Gasteiger partial charge in [0.05, 0.1) is 16.9 Å². The third kappa shape index (κ3) is 4.97. The Labute approximate surface area is 179 Å². The van der Waals surface area contributed by atoms with Gasteiger partial charge in [-0.2, -0.15) is 0 Å². The molecule has 0 radical (unpaired) electrons. The van der Waals surface area contributed by atoms with Crippen molar-refractivity contribution in [3.8, 4) is 0 Å².